The second kappa shape index (κ2) is 13.7. The van der Waals surface area contributed by atoms with Crippen LogP contribution < -0.4 is 10.2 Å². The summed E-state index contributed by atoms with van der Waals surface area (Å²) in [6.45, 7) is 7.67. The minimum absolute atomic E-state index is 0.191. The van der Waals surface area contributed by atoms with E-state index in [-0.39, 0.29) is 11.5 Å². The highest BCUT2D eigenvalue weighted by molar-refractivity contribution is 5.89. The number of nitrogens with zero attached hydrogens (tertiary/aromatic N) is 3. The molecule has 2 N–H and O–H groups in total. The summed E-state index contributed by atoms with van der Waals surface area (Å²) in [4.78, 5) is 32.4. The molecule has 8 heteroatoms. The standard InChI is InChI=1S/C16H18N2O2.C15H16N2O2/c1-12-4-6-13(7-5-12)11-18(2)15-9-8-14(10-17-15)16(19)20-3;1-10-3-4-12(7-11(10)2)8-16-14-6-5-13(9-17-14)15(18)19/h4-10H,11H2,1-3H3;3-7,9H,8H2,1-2H3,(H,16,17)(H,18,19). The summed E-state index contributed by atoms with van der Waals surface area (Å²) in [7, 11) is 3.33. The van der Waals surface area contributed by atoms with Gasteiger partial charge in [0.25, 0.3) is 0 Å². The van der Waals surface area contributed by atoms with E-state index in [9.17, 15) is 9.59 Å². The number of aromatic nitrogens is 2. The first-order chi connectivity index (χ1) is 18.7. The Hall–Kier alpha value is -4.72. The van der Waals surface area contributed by atoms with Crippen molar-refractivity contribution in [2.24, 2.45) is 0 Å². The number of carbonyl (C=O) groups excluding carboxylic acids is 1. The van der Waals surface area contributed by atoms with Gasteiger partial charge in [0.2, 0.25) is 0 Å². The molecule has 0 bridgehead atoms. The van der Waals surface area contributed by atoms with Crippen molar-refractivity contribution in [3.63, 3.8) is 0 Å². The summed E-state index contributed by atoms with van der Waals surface area (Å²) in [5, 5.41) is 11.9. The number of carboxylic acids is 1. The zero-order valence-electron chi connectivity index (χ0n) is 22.9. The average molecular weight is 527 g/mol. The van der Waals surface area contributed by atoms with Gasteiger partial charge in [-0.3, -0.25) is 0 Å². The van der Waals surface area contributed by atoms with E-state index < -0.39 is 5.97 Å². The molecular formula is C31H34N4O4. The third kappa shape index (κ3) is 8.67. The van der Waals surface area contributed by atoms with Crippen molar-refractivity contribution in [1.82, 2.24) is 9.97 Å². The molecule has 2 heterocycles. The Labute approximate surface area is 229 Å². The molecule has 0 aliphatic rings. The number of esters is 1. The predicted octanol–water partition coefficient (Wildman–Crippen LogP) is 5.82. The van der Waals surface area contributed by atoms with Crippen molar-refractivity contribution in [2.45, 2.75) is 33.9 Å². The van der Waals surface area contributed by atoms with Crippen LogP contribution in [-0.4, -0.2) is 41.2 Å². The van der Waals surface area contributed by atoms with E-state index in [4.69, 9.17) is 5.11 Å². The highest BCUT2D eigenvalue weighted by atomic mass is 16.5. The van der Waals surface area contributed by atoms with E-state index in [1.807, 2.05) is 18.0 Å². The molecule has 0 radical (unpaired) electrons. The summed E-state index contributed by atoms with van der Waals surface area (Å²) in [5.74, 6) is 0.153. The molecule has 0 saturated carbocycles. The van der Waals surface area contributed by atoms with Crippen molar-refractivity contribution < 1.29 is 19.4 Å². The van der Waals surface area contributed by atoms with Crippen molar-refractivity contribution in [3.8, 4) is 0 Å². The molecule has 0 spiro atoms. The lowest BCUT2D eigenvalue weighted by atomic mass is 10.1. The number of hydrogen-bond donors (Lipinski definition) is 2. The number of nitrogens with one attached hydrogen (secondary N) is 1. The number of hydrogen-bond acceptors (Lipinski definition) is 7. The first-order valence-electron chi connectivity index (χ1n) is 12.5. The van der Waals surface area contributed by atoms with Crippen molar-refractivity contribution in [3.05, 3.63) is 118 Å². The number of ether oxygens (including phenoxy) is 1. The summed E-state index contributed by atoms with van der Waals surface area (Å²) in [6, 6.07) is 21.4. The van der Waals surface area contributed by atoms with Crippen LogP contribution in [0.4, 0.5) is 11.6 Å². The van der Waals surface area contributed by atoms with Gasteiger partial charge in [-0.15, -0.1) is 0 Å². The molecule has 0 saturated heterocycles. The smallest absolute Gasteiger partial charge is 0.339 e. The average Bonchev–Trinajstić information content (AvgIpc) is 2.95. The van der Waals surface area contributed by atoms with Crippen LogP contribution in [-0.2, 0) is 17.8 Å². The highest BCUT2D eigenvalue weighted by Crippen LogP contribution is 2.15. The fourth-order valence-corrected chi connectivity index (χ4v) is 3.63. The van der Waals surface area contributed by atoms with Gasteiger partial charge in [-0.25, -0.2) is 19.6 Å². The SMILES string of the molecule is COC(=O)c1ccc(N(C)Cc2ccc(C)cc2)nc1.Cc1ccc(CNc2ccc(C(=O)O)cn2)cc1C. The third-order valence-corrected chi connectivity index (χ3v) is 6.16. The molecule has 8 nitrogen and oxygen atoms in total. The zero-order valence-corrected chi connectivity index (χ0v) is 22.9. The van der Waals surface area contributed by atoms with Crippen LogP contribution in [0.5, 0.6) is 0 Å². The van der Waals surface area contributed by atoms with Gasteiger partial charge in [0.05, 0.1) is 18.2 Å². The Morgan fingerprint density at radius 2 is 1.51 bits per heavy atom. The topological polar surface area (TPSA) is 105 Å². The minimum atomic E-state index is -0.965. The van der Waals surface area contributed by atoms with Gasteiger partial charge < -0.3 is 20.1 Å². The number of carboxylic acid groups (broad SMARTS) is 1. The molecule has 39 heavy (non-hydrogen) atoms. The van der Waals surface area contributed by atoms with Crippen LogP contribution in [0.1, 0.15) is 48.5 Å². The van der Waals surface area contributed by atoms with E-state index in [0.29, 0.717) is 17.9 Å². The first-order valence-corrected chi connectivity index (χ1v) is 12.5. The molecule has 4 rings (SSSR count). The Morgan fingerprint density at radius 3 is 2.08 bits per heavy atom. The maximum absolute atomic E-state index is 11.3. The molecule has 0 atom stereocenters. The lowest BCUT2D eigenvalue weighted by molar-refractivity contribution is 0.0599. The van der Waals surface area contributed by atoms with Crippen LogP contribution in [0, 0.1) is 20.8 Å². The van der Waals surface area contributed by atoms with Gasteiger partial charge >= 0.3 is 11.9 Å². The highest BCUT2D eigenvalue weighted by Gasteiger charge is 2.08. The quantitative estimate of drug-likeness (QED) is 0.277. The second-order valence-corrected chi connectivity index (χ2v) is 9.25. The molecule has 202 valence electrons. The van der Waals surface area contributed by atoms with Gasteiger partial charge in [0, 0.05) is 32.5 Å². The number of benzene rings is 2. The summed E-state index contributed by atoms with van der Waals surface area (Å²) in [5.41, 5.74) is 6.82. The van der Waals surface area contributed by atoms with Crippen LogP contribution in [0.2, 0.25) is 0 Å². The molecule has 0 amide bonds. The molecule has 4 aromatic rings. The number of anilines is 2. The maximum Gasteiger partial charge on any atom is 0.339 e. The normalized spacial score (nSPS) is 10.2. The van der Waals surface area contributed by atoms with E-state index in [0.717, 1.165) is 12.4 Å². The molecule has 2 aromatic carbocycles. The van der Waals surface area contributed by atoms with Crippen LogP contribution in [0.15, 0.2) is 79.1 Å². The van der Waals surface area contributed by atoms with E-state index in [1.54, 1.807) is 12.1 Å². The number of carbonyl (C=O) groups is 2. The fourth-order valence-electron chi connectivity index (χ4n) is 3.63. The second-order valence-electron chi connectivity index (χ2n) is 9.25. The summed E-state index contributed by atoms with van der Waals surface area (Å²) < 4.78 is 4.65. The predicted molar refractivity (Wildman–Crippen MR) is 153 cm³/mol. The lowest BCUT2D eigenvalue weighted by Gasteiger charge is -2.18. The Bertz CT molecular complexity index is 1390. The molecular weight excluding hydrogens is 492 g/mol. The first kappa shape index (κ1) is 28.8. The number of aryl methyl sites for hydroxylation is 3. The largest absolute Gasteiger partial charge is 0.478 e. The van der Waals surface area contributed by atoms with Gasteiger partial charge in [0.15, 0.2) is 0 Å². The van der Waals surface area contributed by atoms with Crippen LogP contribution in [0.25, 0.3) is 0 Å². The van der Waals surface area contributed by atoms with E-state index in [2.05, 4.69) is 83.3 Å². The molecule has 0 fully saturated rings. The monoisotopic (exact) mass is 526 g/mol. The third-order valence-electron chi connectivity index (χ3n) is 6.16. The van der Waals surface area contributed by atoms with Crippen LogP contribution in [0.3, 0.4) is 0 Å². The fraction of sp³-hybridized carbons (Fsp3) is 0.226. The van der Waals surface area contributed by atoms with Crippen molar-refractivity contribution in [2.75, 3.05) is 24.4 Å². The Kier molecular flexibility index (Phi) is 10.1. The summed E-state index contributed by atoms with van der Waals surface area (Å²) in [6.07, 6.45) is 2.89. The minimum Gasteiger partial charge on any atom is -0.478 e. The Balaban J connectivity index is 0.000000216. The molecule has 2 aromatic heterocycles. The molecule has 0 unspecified atom stereocenters. The lowest BCUT2D eigenvalue weighted by Crippen LogP contribution is -2.17. The maximum atomic E-state index is 11.3. The summed E-state index contributed by atoms with van der Waals surface area (Å²) >= 11 is 0. The van der Waals surface area contributed by atoms with Gasteiger partial charge in [-0.1, -0.05) is 48.0 Å². The number of rotatable bonds is 8. The van der Waals surface area contributed by atoms with Gasteiger partial charge in [-0.2, -0.15) is 0 Å². The number of methoxy groups -OCH3 is 1. The number of pyridine rings is 2. The van der Waals surface area contributed by atoms with E-state index >= 15 is 0 Å². The van der Waals surface area contributed by atoms with Crippen molar-refractivity contribution in [1.29, 1.82) is 0 Å². The Morgan fingerprint density at radius 1 is 0.846 bits per heavy atom. The van der Waals surface area contributed by atoms with Crippen molar-refractivity contribution >= 4 is 23.6 Å². The van der Waals surface area contributed by atoms with Crippen LogP contribution >= 0.6 is 0 Å². The molecule has 0 aliphatic heterocycles. The number of aromatic carboxylic acids is 1. The van der Waals surface area contributed by atoms with Gasteiger partial charge in [-0.05, 0) is 67.3 Å². The van der Waals surface area contributed by atoms with Gasteiger partial charge in [0.1, 0.15) is 11.6 Å². The molecule has 0 aliphatic carbocycles. The van der Waals surface area contributed by atoms with E-state index in [1.165, 1.54) is 53.4 Å². The zero-order chi connectivity index (χ0) is 28.4.